The summed E-state index contributed by atoms with van der Waals surface area (Å²) in [5.41, 5.74) is 0.756. The molecular formula is C19H30N4O. The van der Waals surface area contributed by atoms with Gasteiger partial charge in [-0.1, -0.05) is 0 Å². The number of aromatic nitrogens is 2. The number of nitrogens with zero attached hydrogens (tertiary/aromatic N) is 3. The SMILES string of the molecule is CC(C)(C=O)n1cc(C2CCN(C3CC4CNCC4C3)CC2)cn1. The smallest absolute Gasteiger partial charge is 0.147 e. The molecule has 3 heterocycles. The maximum atomic E-state index is 11.2. The van der Waals surface area contributed by atoms with Gasteiger partial charge in [-0.15, -0.1) is 0 Å². The van der Waals surface area contributed by atoms with Gasteiger partial charge in [-0.3, -0.25) is 4.68 Å². The molecular weight excluding hydrogens is 300 g/mol. The van der Waals surface area contributed by atoms with E-state index in [4.69, 9.17) is 0 Å². The van der Waals surface area contributed by atoms with E-state index in [1.807, 2.05) is 24.7 Å². The summed E-state index contributed by atoms with van der Waals surface area (Å²) in [4.78, 5) is 14.0. The van der Waals surface area contributed by atoms with Crippen molar-refractivity contribution in [3.05, 3.63) is 18.0 Å². The van der Waals surface area contributed by atoms with Crippen molar-refractivity contribution in [2.45, 2.75) is 57.0 Å². The van der Waals surface area contributed by atoms with Crippen molar-refractivity contribution >= 4 is 6.29 Å². The van der Waals surface area contributed by atoms with Gasteiger partial charge < -0.3 is 15.0 Å². The van der Waals surface area contributed by atoms with Crippen molar-refractivity contribution in [2.75, 3.05) is 26.2 Å². The second-order valence-corrected chi connectivity index (χ2v) is 8.60. The molecule has 1 aliphatic carbocycles. The molecule has 3 aliphatic rings. The first-order chi connectivity index (χ1) is 11.6. The molecule has 1 N–H and O–H groups in total. The number of nitrogens with one attached hydrogen (secondary N) is 1. The van der Waals surface area contributed by atoms with Crippen LogP contribution in [0.25, 0.3) is 0 Å². The summed E-state index contributed by atoms with van der Waals surface area (Å²) in [6, 6.07) is 0.819. The van der Waals surface area contributed by atoms with Crippen LogP contribution in [0.15, 0.2) is 12.4 Å². The van der Waals surface area contributed by atoms with Crippen molar-refractivity contribution in [3.8, 4) is 0 Å². The average molecular weight is 330 g/mol. The van der Waals surface area contributed by atoms with E-state index in [1.54, 1.807) is 0 Å². The summed E-state index contributed by atoms with van der Waals surface area (Å²) in [6.45, 7) is 8.72. The Bertz CT molecular complexity index is 576. The van der Waals surface area contributed by atoms with Crippen LogP contribution in [-0.4, -0.2) is 53.2 Å². The van der Waals surface area contributed by atoms with Crippen LogP contribution in [0.2, 0.25) is 0 Å². The van der Waals surface area contributed by atoms with Crippen molar-refractivity contribution in [1.82, 2.24) is 20.0 Å². The highest BCUT2D eigenvalue weighted by molar-refractivity contribution is 5.60. The quantitative estimate of drug-likeness (QED) is 0.858. The molecule has 5 nitrogen and oxygen atoms in total. The largest absolute Gasteiger partial charge is 0.316 e. The van der Waals surface area contributed by atoms with E-state index in [0.717, 1.165) is 24.2 Å². The Morgan fingerprint density at radius 3 is 2.50 bits per heavy atom. The van der Waals surface area contributed by atoms with Gasteiger partial charge in [-0.2, -0.15) is 5.10 Å². The van der Waals surface area contributed by atoms with E-state index in [1.165, 1.54) is 57.4 Å². The van der Waals surface area contributed by atoms with Gasteiger partial charge in [-0.25, -0.2) is 0 Å². The molecule has 0 radical (unpaired) electrons. The molecule has 1 saturated carbocycles. The normalized spacial score (nSPS) is 32.2. The van der Waals surface area contributed by atoms with Crippen molar-refractivity contribution in [2.24, 2.45) is 11.8 Å². The lowest BCUT2D eigenvalue weighted by Crippen LogP contribution is -2.40. The number of likely N-dealkylation sites (tertiary alicyclic amines) is 1. The average Bonchev–Trinajstić information content (AvgIpc) is 3.30. The van der Waals surface area contributed by atoms with E-state index in [0.29, 0.717) is 5.92 Å². The molecule has 4 rings (SSSR count). The minimum Gasteiger partial charge on any atom is -0.316 e. The van der Waals surface area contributed by atoms with Crippen molar-refractivity contribution in [1.29, 1.82) is 0 Å². The number of piperidine rings is 1. The second-order valence-electron chi connectivity index (χ2n) is 8.60. The van der Waals surface area contributed by atoms with E-state index in [-0.39, 0.29) is 0 Å². The number of fused-ring (bicyclic) bond motifs is 1. The van der Waals surface area contributed by atoms with E-state index in [2.05, 4.69) is 21.5 Å². The monoisotopic (exact) mass is 330 g/mol. The number of hydrogen-bond acceptors (Lipinski definition) is 4. The van der Waals surface area contributed by atoms with Gasteiger partial charge in [0, 0.05) is 12.2 Å². The Labute approximate surface area is 144 Å². The number of aldehydes is 1. The fourth-order valence-corrected chi connectivity index (χ4v) is 4.95. The number of hydrogen-bond donors (Lipinski definition) is 1. The zero-order valence-corrected chi connectivity index (χ0v) is 14.9. The molecule has 2 atom stereocenters. The van der Waals surface area contributed by atoms with E-state index in [9.17, 15) is 4.79 Å². The number of carbonyl (C=O) groups excluding carboxylic acids is 1. The zero-order valence-electron chi connectivity index (χ0n) is 14.9. The van der Waals surface area contributed by atoms with Crippen LogP contribution in [0.4, 0.5) is 0 Å². The highest BCUT2D eigenvalue weighted by Gasteiger charge is 2.40. The van der Waals surface area contributed by atoms with Gasteiger partial charge in [0.2, 0.25) is 0 Å². The lowest BCUT2D eigenvalue weighted by molar-refractivity contribution is -0.114. The van der Waals surface area contributed by atoms with E-state index >= 15 is 0 Å². The molecule has 24 heavy (non-hydrogen) atoms. The standard InChI is InChI=1S/C19H30N4O/c1-19(2,13-24)23-12-17(11-21-23)14-3-5-22(6-4-14)18-7-15-9-20-10-16(15)8-18/h11-16,18,20H,3-10H2,1-2H3. The summed E-state index contributed by atoms with van der Waals surface area (Å²) in [6.07, 6.45) is 10.3. The molecule has 2 unspecified atom stereocenters. The van der Waals surface area contributed by atoms with Crippen LogP contribution in [0.3, 0.4) is 0 Å². The molecule has 1 aromatic heterocycles. The Morgan fingerprint density at radius 1 is 1.21 bits per heavy atom. The predicted octanol–water partition coefficient (Wildman–Crippen LogP) is 1.99. The lowest BCUT2D eigenvalue weighted by Gasteiger charge is -2.36. The van der Waals surface area contributed by atoms with Crippen LogP contribution in [0.1, 0.15) is 51.0 Å². The topological polar surface area (TPSA) is 50.2 Å². The molecule has 5 heteroatoms. The van der Waals surface area contributed by atoms with Crippen LogP contribution in [0, 0.1) is 11.8 Å². The van der Waals surface area contributed by atoms with Gasteiger partial charge in [-0.05, 0) is 89.0 Å². The maximum Gasteiger partial charge on any atom is 0.147 e. The molecule has 0 spiro atoms. The molecule has 0 bridgehead atoms. The molecule has 2 saturated heterocycles. The highest BCUT2D eigenvalue weighted by Crippen LogP contribution is 2.39. The lowest BCUT2D eigenvalue weighted by atomic mass is 9.90. The van der Waals surface area contributed by atoms with Gasteiger partial charge >= 0.3 is 0 Å². The summed E-state index contributed by atoms with van der Waals surface area (Å²) < 4.78 is 1.81. The third-order valence-electron chi connectivity index (χ3n) is 6.63. The molecule has 2 aliphatic heterocycles. The van der Waals surface area contributed by atoms with Gasteiger partial charge in [0.05, 0.1) is 6.20 Å². The molecule has 0 amide bonds. The summed E-state index contributed by atoms with van der Waals surface area (Å²) >= 11 is 0. The molecule has 132 valence electrons. The highest BCUT2D eigenvalue weighted by atomic mass is 16.1. The maximum absolute atomic E-state index is 11.2. The first-order valence-electron chi connectivity index (χ1n) is 9.53. The zero-order chi connectivity index (χ0) is 16.7. The Morgan fingerprint density at radius 2 is 1.88 bits per heavy atom. The van der Waals surface area contributed by atoms with Crippen molar-refractivity contribution < 1.29 is 4.79 Å². The first-order valence-corrected chi connectivity index (χ1v) is 9.53. The second kappa shape index (κ2) is 6.26. The third-order valence-corrected chi connectivity index (χ3v) is 6.63. The summed E-state index contributed by atoms with van der Waals surface area (Å²) in [5.74, 6) is 2.45. The Hall–Kier alpha value is -1.20. The number of rotatable bonds is 4. The van der Waals surface area contributed by atoms with Crippen LogP contribution >= 0.6 is 0 Å². The Balaban J connectivity index is 1.34. The molecule has 3 fully saturated rings. The Kier molecular flexibility index (Phi) is 4.25. The van der Waals surface area contributed by atoms with Crippen molar-refractivity contribution in [3.63, 3.8) is 0 Å². The molecule has 1 aromatic rings. The van der Waals surface area contributed by atoms with Crippen LogP contribution < -0.4 is 5.32 Å². The van der Waals surface area contributed by atoms with Gasteiger partial charge in [0.25, 0.3) is 0 Å². The predicted molar refractivity (Wildman–Crippen MR) is 94.0 cm³/mol. The number of carbonyl (C=O) groups is 1. The minimum absolute atomic E-state index is 0.547. The fraction of sp³-hybridized carbons (Fsp3) is 0.789. The van der Waals surface area contributed by atoms with Crippen LogP contribution in [0.5, 0.6) is 0 Å². The summed E-state index contributed by atoms with van der Waals surface area (Å²) in [5, 5.41) is 7.98. The van der Waals surface area contributed by atoms with E-state index < -0.39 is 5.54 Å². The van der Waals surface area contributed by atoms with Gasteiger partial charge in [0.1, 0.15) is 11.8 Å². The summed E-state index contributed by atoms with van der Waals surface area (Å²) in [7, 11) is 0. The van der Waals surface area contributed by atoms with Crippen LogP contribution in [-0.2, 0) is 10.3 Å². The van der Waals surface area contributed by atoms with Gasteiger partial charge in [0.15, 0.2) is 0 Å². The molecule has 0 aromatic carbocycles. The fourth-order valence-electron chi connectivity index (χ4n) is 4.95. The first kappa shape index (κ1) is 16.3. The minimum atomic E-state index is -0.547. The third kappa shape index (κ3) is 2.93.